The number of hydrogen-bond acceptors (Lipinski definition) is 4. The van der Waals surface area contributed by atoms with Crippen molar-refractivity contribution in [3.05, 3.63) is 62.3 Å². The molecule has 8 heteroatoms. The van der Waals surface area contributed by atoms with Gasteiger partial charge in [0.05, 0.1) is 9.95 Å². The molecule has 0 atom stereocenters. The Hall–Kier alpha value is -2.18. The summed E-state index contributed by atoms with van der Waals surface area (Å²) in [5, 5.41) is 13.7. The Kier molecular flexibility index (Phi) is 4.16. The molecule has 0 radical (unpaired) electrons. The second-order valence-corrected chi connectivity index (χ2v) is 4.55. The molecule has 1 aromatic heterocycles. The molecule has 0 unspecified atom stereocenters. The monoisotopic (exact) mass is 311 g/mol. The molecule has 2 rings (SSSR count). The Morgan fingerprint density at radius 3 is 2.70 bits per heavy atom. The minimum absolute atomic E-state index is 0.0151. The maximum atomic E-state index is 12.1. The molecule has 0 fully saturated rings. The van der Waals surface area contributed by atoms with E-state index in [4.69, 9.17) is 23.2 Å². The standard InChI is InChI=1S/C12H7Cl2N3O3/c13-7-4-5-15-10(6-7)16-12(18)11-8(14)2-1-3-9(11)17(19)20/h1-6H,(H,15,16,18). The van der Waals surface area contributed by atoms with Crippen molar-refractivity contribution in [3.8, 4) is 0 Å². The highest BCUT2D eigenvalue weighted by molar-refractivity contribution is 6.35. The van der Waals surface area contributed by atoms with Crippen LogP contribution in [0.5, 0.6) is 0 Å². The van der Waals surface area contributed by atoms with Crippen LogP contribution in [0.4, 0.5) is 11.5 Å². The Morgan fingerprint density at radius 1 is 1.30 bits per heavy atom. The molecule has 0 aliphatic carbocycles. The molecule has 0 bridgehead atoms. The van der Waals surface area contributed by atoms with Crippen LogP contribution >= 0.6 is 23.2 Å². The van der Waals surface area contributed by atoms with E-state index in [0.29, 0.717) is 5.02 Å². The lowest BCUT2D eigenvalue weighted by atomic mass is 10.1. The average molecular weight is 312 g/mol. The van der Waals surface area contributed by atoms with Crippen LogP contribution in [0.1, 0.15) is 10.4 Å². The van der Waals surface area contributed by atoms with Gasteiger partial charge in [-0.1, -0.05) is 29.3 Å². The van der Waals surface area contributed by atoms with Gasteiger partial charge in [0, 0.05) is 17.3 Å². The van der Waals surface area contributed by atoms with Crippen molar-refractivity contribution in [1.29, 1.82) is 0 Å². The van der Waals surface area contributed by atoms with Crippen molar-refractivity contribution >= 4 is 40.6 Å². The quantitative estimate of drug-likeness (QED) is 0.693. The number of aromatic nitrogens is 1. The summed E-state index contributed by atoms with van der Waals surface area (Å²) in [6, 6.07) is 6.95. The van der Waals surface area contributed by atoms with Crippen LogP contribution in [0.15, 0.2) is 36.5 Å². The van der Waals surface area contributed by atoms with Crippen molar-refractivity contribution in [1.82, 2.24) is 4.98 Å². The molecule has 1 aromatic carbocycles. The van der Waals surface area contributed by atoms with Gasteiger partial charge in [-0.2, -0.15) is 0 Å². The number of amides is 1. The van der Waals surface area contributed by atoms with Crippen LogP contribution in [0.3, 0.4) is 0 Å². The van der Waals surface area contributed by atoms with Gasteiger partial charge in [0.1, 0.15) is 11.4 Å². The second-order valence-electron chi connectivity index (χ2n) is 3.70. The lowest BCUT2D eigenvalue weighted by Gasteiger charge is -2.06. The largest absolute Gasteiger partial charge is 0.306 e. The number of halogens is 2. The SMILES string of the molecule is O=C(Nc1cc(Cl)ccn1)c1c(Cl)cccc1[N+](=O)[O-]. The predicted molar refractivity (Wildman–Crippen MR) is 75.3 cm³/mol. The Labute approximate surface area is 123 Å². The summed E-state index contributed by atoms with van der Waals surface area (Å²) in [4.78, 5) is 26.2. The fraction of sp³-hybridized carbons (Fsp3) is 0. The summed E-state index contributed by atoms with van der Waals surface area (Å²) in [5.41, 5.74) is -0.599. The van der Waals surface area contributed by atoms with Gasteiger partial charge in [0.15, 0.2) is 0 Å². The van der Waals surface area contributed by atoms with E-state index in [1.54, 1.807) is 0 Å². The van der Waals surface area contributed by atoms with Crippen LogP contribution in [-0.2, 0) is 0 Å². The zero-order chi connectivity index (χ0) is 14.7. The normalized spacial score (nSPS) is 10.1. The summed E-state index contributed by atoms with van der Waals surface area (Å²) in [6.45, 7) is 0. The molecule has 1 amide bonds. The lowest BCUT2D eigenvalue weighted by Crippen LogP contribution is -2.15. The third kappa shape index (κ3) is 3.04. The van der Waals surface area contributed by atoms with Crippen LogP contribution in [0.2, 0.25) is 10.0 Å². The topological polar surface area (TPSA) is 85.1 Å². The summed E-state index contributed by atoms with van der Waals surface area (Å²) in [6.07, 6.45) is 1.40. The maximum Gasteiger partial charge on any atom is 0.283 e. The van der Waals surface area contributed by atoms with Crippen LogP contribution in [0, 0.1) is 10.1 Å². The van der Waals surface area contributed by atoms with Gasteiger partial charge in [-0.15, -0.1) is 0 Å². The van der Waals surface area contributed by atoms with E-state index >= 15 is 0 Å². The number of anilines is 1. The van der Waals surface area contributed by atoms with E-state index in [0.717, 1.165) is 0 Å². The Balaban J connectivity index is 2.37. The molecular formula is C12H7Cl2N3O3. The third-order valence-electron chi connectivity index (χ3n) is 2.38. The molecule has 1 N–H and O–H groups in total. The van der Waals surface area contributed by atoms with Gasteiger partial charge in [0.2, 0.25) is 0 Å². The van der Waals surface area contributed by atoms with Crippen molar-refractivity contribution < 1.29 is 9.72 Å². The first kappa shape index (κ1) is 14.2. The summed E-state index contributed by atoms with van der Waals surface area (Å²) < 4.78 is 0. The van der Waals surface area contributed by atoms with Crippen LogP contribution in [0.25, 0.3) is 0 Å². The number of nitro groups is 1. The van der Waals surface area contributed by atoms with Gasteiger partial charge in [-0.05, 0) is 18.2 Å². The molecule has 1 heterocycles. The molecular weight excluding hydrogens is 305 g/mol. The minimum Gasteiger partial charge on any atom is -0.306 e. The Morgan fingerprint density at radius 2 is 2.05 bits per heavy atom. The highest BCUT2D eigenvalue weighted by Gasteiger charge is 2.23. The first-order chi connectivity index (χ1) is 9.49. The number of carbonyl (C=O) groups is 1. The zero-order valence-electron chi connectivity index (χ0n) is 9.84. The molecule has 0 aliphatic rings. The fourth-order valence-electron chi connectivity index (χ4n) is 1.54. The predicted octanol–water partition coefficient (Wildman–Crippen LogP) is 3.55. The smallest absolute Gasteiger partial charge is 0.283 e. The van der Waals surface area contributed by atoms with E-state index in [9.17, 15) is 14.9 Å². The van der Waals surface area contributed by atoms with E-state index in [2.05, 4.69) is 10.3 Å². The van der Waals surface area contributed by atoms with Crippen molar-refractivity contribution in [2.24, 2.45) is 0 Å². The fourth-order valence-corrected chi connectivity index (χ4v) is 1.96. The van der Waals surface area contributed by atoms with Gasteiger partial charge >= 0.3 is 0 Å². The molecule has 0 aliphatic heterocycles. The van der Waals surface area contributed by atoms with E-state index in [-0.39, 0.29) is 22.1 Å². The van der Waals surface area contributed by atoms with Crippen LogP contribution < -0.4 is 5.32 Å². The first-order valence-electron chi connectivity index (χ1n) is 5.35. The Bertz CT molecular complexity index is 691. The van der Waals surface area contributed by atoms with Gasteiger partial charge < -0.3 is 5.32 Å². The molecule has 0 spiro atoms. The molecule has 0 saturated heterocycles. The van der Waals surface area contributed by atoms with Crippen molar-refractivity contribution in [2.45, 2.75) is 0 Å². The zero-order valence-corrected chi connectivity index (χ0v) is 11.4. The van der Waals surface area contributed by atoms with Gasteiger partial charge in [-0.3, -0.25) is 14.9 Å². The number of benzene rings is 1. The highest BCUT2D eigenvalue weighted by atomic mass is 35.5. The average Bonchev–Trinajstić information content (AvgIpc) is 2.38. The molecule has 20 heavy (non-hydrogen) atoms. The lowest BCUT2D eigenvalue weighted by molar-refractivity contribution is -0.385. The molecule has 0 saturated carbocycles. The third-order valence-corrected chi connectivity index (χ3v) is 2.93. The molecule has 6 nitrogen and oxygen atoms in total. The van der Waals surface area contributed by atoms with E-state index in [1.807, 2.05) is 0 Å². The first-order valence-corrected chi connectivity index (χ1v) is 6.10. The molecule has 102 valence electrons. The number of rotatable bonds is 3. The van der Waals surface area contributed by atoms with Crippen molar-refractivity contribution in [2.75, 3.05) is 5.32 Å². The van der Waals surface area contributed by atoms with E-state index < -0.39 is 10.8 Å². The summed E-state index contributed by atoms with van der Waals surface area (Å²) >= 11 is 11.6. The number of nitrogens with zero attached hydrogens (tertiary/aromatic N) is 2. The van der Waals surface area contributed by atoms with Gasteiger partial charge in [0.25, 0.3) is 11.6 Å². The highest BCUT2D eigenvalue weighted by Crippen LogP contribution is 2.27. The second kappa shape index (κ2) is 5.85. The number of hydrogen-bond donors (Lipinski definition) is 1. The minimum atomic E-state index is -0.725. The van der Waals surface area contributed by atoms with Crippen molar-refractivity contribution in [3.63, 3.8) is 0 Å². The summed E-state index contributed by atoms with van der Waals surface area (Å²) in [7, 11) is 0. The number of carbonyl (C=O) groups excluding carboxylic acids is 1. The van der Waals surface area contributed by atoms with E-state index in [1.165, 1.54) is 36.5 Å². The summed E-state index contributed by atoms with van der Waals surface area (Å²) in [5.74, 6) is -0.547. The van der Waals surface area contributed by atoms with Crippen LogP contribution in [-0.4, -0.2) is 15.8 Å². The molecule has 2 aromatic rings. The number of pyridine rings is 1. The number of nitro benzene ring substituents is 1. The number of nitrogens with one attached hydrogen (secondary N) is 1. The maximum absolute atomic E-state index is 12.1. The van der Waals surface area contributed by atoms with Gasteiger partial charge in [-0.25, -0.2) is 4.98 Å².